The number of aryl methyl sites for hydroxylation is 2. The Bertz CT molecular complexity index is 577. The molecule has 2 heterocycles. The van der Waals surface area contributed by atoms with Crippen LogP contribution in [0.2, 0.25) is 0 Å². The third-order valence-corrected chi connectivity index (χ3v) is 3.27. The first-order valence-corrected chi connectivity index (χ1v) is 5.73. The molecular weight excluding hydrogens is 200 g/mol. The molecule has 0 spiro atoms. The molecule has 0 aliphatic heterocycles. The molecule has 0 aromatic carbocycles. The zero-order chi connectivity index (χ0) is 11.9. The molecule has 0 aliphatic carbocycles. The second-order valence-electron chi connectivity index (χ2n) is 4.55. The number of hydrogen-bond donors (Lipinski definition) is 1. The van der Waals surface area contributed by atoms with E-state index in [0.717, 1.165) is 23.0 Å². The van der Waals surface area contributed by atoms with E-state index in [2.05, 4.69) is 24.9 Å². The molecule has 2 aromatic rings. The maximum atomic E-state index is 11.9. The van der Waals surface area contributed by atoms with Crippen LogP contribution in [0.1, 0.15) is 37.4 Å². The summed E-state index contributed by atoms with van der Waals surface area (Å²) in [4.78, 5) is 15.1. The van der Waals surface area contributed by atoms with Crippen molar-refractivity contribution in [1.82, 2.24) is 9.55 Å². The van der Waals surface area contributed by atoms with Gasteiger partial charge in [0.05, 0.1) is 0 Å². The molecule has 2 rings (SSSR count). The summed E-state index contributed by atoms with van der Waals surface area (Å²) < 4.78 is 1.67. The van der Waals surface area contributed by atoms with Crippen LogP contribution in [0.3, 0.4) is 0 Å². The molecule has 2 aromatic heterocycles. The minimum Gasteiger partial charge on any atom is -0.354 e. The van der Waals surface area contributed by atoms with Gasteiger partial charge in [-0.25, -0.2) is 0 Å². The maximum absolute atomic E-state index is 11.9. The van der Waals surface area contributed by atoms with E-state index in [1.165, 1.54) is 5.56 Å². The molecule has 0 radical (unpaired) electrons. The highest BCUT2D eigenvalue weighted by Crippen LogP contribution is 2.25. The van der Waals surface area contributed by atoms with Crippen LogP contribution in [0.4, 0.5) is 0 Å². The molecule has 3 heteroatoms. The number of aromatic amines is 1. The highest BCUT2D eigenvalue weighted by Gasteiger charge is 2.13. The van der Waals surface area contributed by atoms with Crippen molar-refractivity contribution in [3.8, 4) is 0 Å². The fourth-order valence-corrected chi connectivity index (χ4v) is 2.11. The summed E-state index contributed by atoms with van der Waals surface area (Å²) in [7, 11) is 1.81. The van der Waals surface area contributed by atoms with Crippen molar-refractivity contribution >= 4 is 10.9 Å². The van der Waals surface area contributed by atoms with Gasteiger partial charge in [0.15, 0.2) is 0 Å². The van der Waals surface area contributed by atoms with Crippen LogP contribution < -0.4 is 5.56 Å². The van der Waals surface area contributed by atoms with Gasteiger partial charge in [-0.2, -0.15) is 0 Å². The van der Waals surface area contributed by atoms with E-state index < -0.39 is 0 Å². The van der Waals surface area contributed by atoms with Crippen LogP contribution in [0.5, 0.6) is 0 Å². The number of fused-ring (bicyclic) bond motifs is 1. The SMILES string of the molecule is CCC(C)c1cn(C)c(=O)c2[nH]c(C)cc12. The van der Waals surface area contributed by atoms with Gasteiger partial charge >= 0.3 is 0 Å². The van der Waals surface area contributed by atoms with Crippen LogP contribution in [-0.4, -0.2) is 9.55 Å². The molecule has 1 N–H and O–H groups in total. The Morgan fingerprint density at radius 2 is 2.19 bits per heavy atom. The van der Waals surface area contributed by atoms with E-state index in [-0.39, 0.29) is 5.56 Å². The van der Waals surface area contributed by atoms with Crippen LogP contribution >= 0.6 is 0 Å². The van der Waals surface area contributed by atoms with E-state index in [1.54, 1.807) is 4.57 Å². The van der Waals surface area contributed by atoms with Gasteiger partial charge < -0.3 is 9.55 Å². The average Bonchev–Trinajstić information content (AvgIpc) is 2.64. The number of hydrogen-bond acceptors (Lipinski definition) is 1. The number of nitrogens with one attached hydrogen (secondary N) is 1. The standard InChI is InChI=1S/C13H18N2O/c1-5-8(2)11-7-15(4)13(16)12-10(11)6-9(3)14-12/h6-8,14H,5H2,1-4H3. The summed E-state index contributed by atoms with van der Waals surface area (Å²) in [5.41, 5.74) is 3.08. The largest absolute Gasteiger partial charge is 0.354 e. The molecule has 1 unspecified atom stereocenters. The van der Waals surface area contributed by atoms with E-state index in [0.29, 0.717) is 5.92 Å². The fraction of sp³-hybridized carbons (Fsp3) is 0.462. The summed E-state index contributed by atoms with van der Waals surface area (Å²) in [6, 6.07) is 2.07. The topological polar surface area (TPSA) is 37.8 Å². The summed E-state index contributed by atoms with van der Waals surface area (Å²) in [5.74, 6) is 0.476. The highest BCUT2D eigenvalue weighted by molar-refractivity contribution is 5.83. The molecule has 0 saturated heterocycles. The molecule has 0 aliphatic rings. The van der Waals surface area contributed by atoms with Crippen molar-refractivity contribution < 1.29 is 0 Å². The van der Waals surface area contributed by atoms with Crippen LogP contribution in [0.25, 0.3) is 10.9 Å². The maximum Gasteiger partial charge on any atom is 0.274 e. The predicted molar refractivity (Wildman–Crippen MR) is 67.0 cm³/mol. The lowest BCUT2D eigenvalue weighted by Crippen LogP contribution is -2.17. The van der Waals surface area contributed by atoms with E-state index in [9.17, 15) is 4.79 Å². The highest BCUT2D eigenvalue weighted by atomic mass is 16.1. The lowest BCUT2D eigenvalue weighted by atomic mass is 9.97. The minimum absolute atomic E-state index is 0.0511. The van der Waals surface area contributed by atoms with Crippen molar-refractivity contribution in [3.63, 3.8) is 0 Å². The summed E-state index contributed by atoms with van der Waals surface area (Å²) >= 11 is 0. The van der Waals surface area contributed by atoms with Crippen molar-refractivity contribution in [2.24, 2.45) is 7.05 Å². The lowest BCUT2D eigenvalue weighted by Gasteiger charge is -2.11. The van der Waals surface area contributed by atoms with Gasteiger partial charge in [0, 0.05) is 24.3 Å². The molecule has 3 nitrogen and oxygen atoms in total. The van der Waals surface area contributed by atoms with Gasteiger partial charge in [-0.15, -0.1) is 0 Å². The number of nitrogens with zero attached hydrogens (tertiary/aromatic N) is 1. The molecule has 86 valence electrons. The first kappa shape index (κ1) is 11.0. The van der Waals surface area contributed by atoms with E-state index in [4.69, 9.17) is 0 Å². The van der Waals surface area contributed by atoms with Crippen molar-refractivity contribution in [2.75, 3.05) is 0 Å². The normalized spacial score (nSPS) is 13.2. The zero-order valence-electron chi connectivity index (χ0n) is 10.3. The van der Waals surface area contributed by atoms with Gasteiger partial charge in [0.1, 0.15) is 5.52 Å². The summed E-state index contributed by atoms with van der Waals surface area (Å²) in [5, 5.41) is 1.08. The summed E-state index contributed by atoms with van der Waals surface area (Å²) in [6.45, 7) is 6.35. The second kappa shape index (κ2) is 3.81. The van der Waals surface area contributed by atoms with Gasteiger partial charge in [0.2, 0.25) is 0 Å². The average molecular weight is 218 g/mol. The van der Waals surface area contributed by atoms with Crippen molar-refractivity contribution in [3.05, 3.63) is 33.9 Å². The molecular formula is C13H18N2O. The van der Waals surface area contributed by atoms with Gasteiger partial charge in [-0.3, -0.25) is 4.79 Å². The summed E-state index contributed by atoms with van der Waals surface area (Å²) in [6.07, 6.45) is 3.05. The Hall–Kier alpha value is -1.51. The van der Waals surface area contributed by atoms with Gasteiger partial charge in [-0.1, -0.05) is 13.8 Å². The van der Waals surface area contributed by atoms with Crippen LogP contribution in [0, 0.1) is 6.92 Å². The number of pyridine rings is 1. The minimum atomic E-state index is 0.0511. The number of H-pyrrole nitrogens is 1. The molecule has 1 atom stereocenters. The van der Waals surface area contributed by atoms with Crippen molar-refractivity contribution in [1.29, 1.82) is 0 Å². The quantitative estimate of drug-likeness (QED) is 0.826. The Kier molecular flexibility index (Phi) is 2.62. The monoisotopic (exact) mass is 218 g/mol. The Labute approximate surface area is 95.1 Å². The first-order chi connectivity index (χ1) is 7.54. The number of rotatable bonds is 2. The Morgan fingerprint density at radius 3 is 2.81 bits per heavy atom. The van der Waals surface area contributed by atoms with Crippen LogP contribution in [-0.2, 0) is 7.05 Å². The van der Waals surface area contributed by atoms with Crippen LogP contribution in [0.15, 0.2) is 17.1 Å². The fourth-order valence-electron chi connectivity index (χ4n) is 2.11. The van der Waals surface area contributed by atoms with Crippen molar-refractivity contribution in [2.45, 2.75) is 33.1 Å². The third kappa shape index (κ3) is 1.56. The first-order valence-electron chi connectivity index (χ1n) is 5.73. The van der Waals surface area contributed by atoms with E-state index >= 15 is 0 Å². The predicted octanol–water partition coefficient (Wildman–Crippen LogP) is 2.69. The second-order valence-corrected chi connectivity index (χ2v) is 4.55. The molecule has 0 bridgehead atoms. The smallest absolute Gasteiger partial charge is 0.274 e. The van der Waals surface area contributed by atoms with Gasteiger partial charge in [-0.05, 0) is 30.9 Å². The van der Waals surface area contributed by atoms with E-state index in [1.807, 2.05) is 20.2 Å². The molecule has 0 fully saturated rings. The molecule has 16 heavy (non-hydrogen) atoms. The third-order valence-electron chi connectivity index (χ3n) is 3.27. The zero-order valence-corrected chi connectivity index (χ0v) is 10.3. The Morgan fingerprint density at radius 1 is 1.50 bits per heavy atom. The van der Waals surface area contributed by atoms with Gasteiger partial charge in [0.25, 0.3) is 5.56 Å². The lowest BCUT2D eigenvalue weighted by molar-refractivity contribution is 0.721. The Balaban J connectivity index is 2.84. The molecule has 0 amide bonds. The number of aromatic nitrogens is 2. The molecule has 0 saturated carbocycles.